The van der Waals surface area contributed by atoms with E-state index in [1.165, 1.54) is 0 Å². The molecule has 17 nitrogen and oxygen atoms in total. The predicted octanol–water partition coefficient (Wildman–Crippen LogP) is -11.2. The Kier molecular flexibility index (Phi) is 68.9. The standard InChI is InChI=1S/B4H2O7.10H2O/c5-1-7-3-9-2(6)10-4(8-1)11-3;;;;;;;;;;/h5-6H;10*1H2. The second-order valence-electron chi connectivity index (χ2n) is 1.87. The molecule has 136 valence electrons. The van der Waals surface area contributed by atoms with Gasteiger partial charge in [-0.05, 0) is 0 Å². The minimum atomic E-state index is -1.45. The Morgan fingerprint density at radius 3 is 0.762 bits per heavy atom. The zero-order valence-electron chi connectivity index (χ0n) is 10.2. The maximum atomic E-state index is 8.74. The first-order valence-corrected chi connectivity index (χ1v) is 2.87. The van der Waals surface area contributed by atoms with Gasteiger partial charge in [-0.1, -0.05) is 0 Å². The van der Waals surface area contributed by atoms with Gasteiger partial charge in [0.2, 0.25) is 0 Å². The summed E-state index contributed by atoms with van der Waals surface area (Å²) in [5.74, 6) is 0. The SMILES string of the molecule is O.O.O.O.O.O.O.O.O.O.OB1OB2OB(O)OB(O1)O2. The molecular formula is H22B4O17. The zero-order valence-corrected chi connectivity index (χ0v) is 10.2. The number of fused-ring (bicyclic) bond motifs is 2. The molecule has 0 saturated carbocycles. The first-order chi connectivity index (χ1) is 5.24. The summed E-state index contributed by atoms with van der Waals surface area (Å²) in [5.41, 5.74) is 0. The maximum Gasteiger partial charge on any atom is 0.612 e. The Morgan fingerprint density at radius 2 is 0.571 bits per heavy atom. The highest BCUT2D eigenvalue weighted by Crippen LogP contribution is 2.14. The second kappa shape index (κ2) is 24.6. The molecule has 0 aromatic heterocycles. The van der Waals surface area contributed by atoms with Crippen LogP contribution in [0.15, 0.2) is 0 Å². The van der Waals surface area contributed by atoms with Gasteiger partial charge in [-0.15, -0.1) is 0 Å². The summed E-state index contributed by atoms with van der Waals surface area (Å²) < 4.78 is 22.6. The van der Waals surface area contributed by atoms with E-state index < -0.39 is 29.3 Å². The molecule has 0 aromatic carbocycles. The fourth-order valence-electron chi connectivity index (χ4n) is 0.728. The Balaban J connectivity index is -0.0000000206. The fraction of sp³-hybridized carbons (Fsp3) is 0. The highest BCUT2D eigenvalue weighted by molar-refractivity contribution is 6.74. The molecule has 2 heterocycles. The third-order valence-corrected chi connectivity index (χ3v) is 1.13. The Bertz CT molecular complexity index is 120. The molecule has 2 rings (SSSR count). The minimum absolute atomic E-state index is 0. The van der Waals surface area contributed by atoms with Crippen molar-refractivity contribution in [1.29, 1.82) is 0 Å². The summed E-state index contributed by atoms with van der Waals surface area (Å²) in [6.45, 7) is 0. The van der Waals surface area contributed by atoms with Crippen LogP contribution in [0.3, 0.4) is 0 Å². The lowest BCUT2D eigenvalue weighted by atomic mass is 9.90. The van der Waals surface area contributed by atoms with E-state index in [1.807, 2.05) is 0 Å². The number of hydrogen-bond donors (Lipinski definition) is 2. The van der Waals surface area contributed by atoms with Crippen molar-refractivity contribution in [2.24, 2.45) is 0 Å². The van der Waals surface area contributed by atoms with Crippen LogP contribution in [0.25, 0.3) is 0 Å². The Hall–Kier alpha value is -0.420. The van der Waals surface area contributed by atoms with Crippen LogP contribution in [-0.4, -0.2) is 94.1 Å². The van der Waals surface area contributed by atoms with E-state index in [4.69, 9.17) is 10.0 Å². The average Bonchev–Trinajstić information content (AvgIpc) is 1.82. The van der Waals surface area contributed by atoms with Gasteiger partial charge in [0.05, 0.1) is 0 Å². The van der Waals surface area contributed by atoms with Crippen molar-refractivity contribution >= 4 is 29.3 Å². The molecule has 21 heavy (non-hydrogen) atoms. The first-order valence-electron chi connectivity index (χ1n) is 2.87. The van der Waals surface area contributed by atoms with E-state index in [-0.39, 0.29) is 54.8 Å². The van der Waals surface area contributed by atoms with Crippen molar-refractivity contribution in [1.82, 2.24) is 0 Å². The quantitative estimate of drug-likeness (QED) is 0.401. The van der Waals surface area contributed by atoms with Gasteiger partial charge >= 0.3 is 29.3 Å². The molecule has 0 atom stereocenters. The van der Waals surface area contributed by atoms with Crippen molar-refractivity contribution < 1.29 is 87.7 Å². The molecular weight excluding hydrogens is 315 g/mol. The van der Waals surface area contributed by atoms with Gasteiger partial charge in [-0.3, -0.25) is 0 Å². The van der Waals surface area contributed by atoms with Crippen molar-refractivity contribution in [3.63, 3.8) is 0 Å². The van der Waals surface area contributed by atoms with Crippen LogP contribution >= 0.6 is 0 Å². The van der Waals surface area contributed by atoms with Gasteiger partial charge in [0, 0.05) is 0 Å². The third kappa shape index (κ3) is 15.8. The van der Waals surface area contributed by atoms with E-state index in [0.29, 0.717) is 0 Å². The molecule has 2 aliphatic heterocycles. The van der Waals surface area contributed by atoms with Crippen LogP contribution in [0, 0.1) is 0 Å². The molecule has 2 bridgehead atoms. The lowest BCUT2D eigenvalue weighted by molar-refractivity contribution is 0.0834. The summed E-state index contributed by atoms with van der Waals surface area (Å²) in [6.07, 6.45) is 0. The van der Waals surface area contributed by atoms with Crippen LogP contribution in [0.1, 0.15) is 0 Å². The van der Waals surface area contributed by atoms with Gasteiger partial charge in [0.25, 0.3) is 0 Å². The van der Waals surface area contributed by atoms with Gasteiger partial charge in [0.15, 0.2) is 0 Å². The summed E-state index contributed by atoms with van der Waals surface area (Å²) in [5, 5.41) is 17.5. The average molecular weight is 337 g/mol. The van der Waals surface area contributed by atoms with E-state index in [0.717, 1.165) is 0 Å². The molecule has 0 unspecified atom stereocenters. The van der Waals surface area contributed by atoms with Crippen LogP contribution in [-0.2, 0) is 22.9 Å². The Labute approximate surface area is 118 Å². The predicted molar refractivity (Wildman–Crippen MR) is 69.0 cm³/mol. The van der Waals surface area contributed by atoms with Crippen molar-refractivity contribution in [2.75, 3.05) is 0 Å². The molecule has 2 fully saturated rings. The molecule has 2 saturated heterocycles. The van der Waals surface area contributed by atoms with Crippen LogP contribution in [0.4, 0.5) is 0 Å². The van der Waals surface area contributed by atoms with Gasteiger partial charge in [-0.25, -0.2) is 0 Å². The summed E-state index contributed by atoms with van der Waals surface area (Å²) in [4.78, 5) is 0. The monoisotopic (exact) mass is 338 g/mol. The van der Waals surface area contributed by atoms with Gasteiger partial charge in [0.1, 0.15) is 0 Å². The lowest BCUT2D eigenvalue weighted by Crippen LogP contribution is -2.59. The summed E-state index contributed by atoms with van der Waals surface area (Å²) >= 11 is 0. The van der Waals surface area contributed by atoms with Crippen LogP contribution < -0.4 is 0 Å². The van der Waals surface area contributed by atoms with Crippen molar-refractivity contribution in [2.45, 2.75) is 0 Å². The normalized spacial score (nSPS) is 12.9. The number of hydrogen-bond acceptors (Lipinski definition) is 7. The van der Waals surface area contributed by atoms with Crippen molar-refractivity contribution in [3.8, 4) is 0 Å². The Morgan fingerprint density at radius 1 is 0.381 bits per heavy atom. The van der Waals surface area contributed by atoms with E-state index in [9.17, 15) is 0 Å². The molecule has 0 aliphatic carbocycles. The first kappa shape index (κ1) is 58.8. The van der Waals surface area contributed by atoms with E-state index in [1.54, 1.807) is 0 Å². The fourth-order valence-corrected chi connectivity index (χ4v) is 0.728. The topological polar surface area (TPSA) is 402 Å². The summed E-state index contributed by atoms with van der Waals surface area (Å²) in [6, 6.07) is 0. The smallest absolute Gasteiger partial charge is 0.412 e. The molecule has 0 aromatic rings. The van der Waals surface area contributed by atoms with E-state index >= 15 is 0 Å². The molecule has 2 aliphatic rings. The van der Waals surface area contributed by atoms with Crippen LogP contribution in [0.5, 0.6) is 0 Å². The van der Waals surface area contributed by atoms with Crippen molar-refractivity contribution in [3.05, 3.63) is 0 Å². The highest BCUT2D eigenvalue weighted by atomic mass is 16.9. The largest absolute Gasteiger partial charge is 0.612 e. The molecule has 22 N–H and O–H groups in total. The minimum Gasteiger partial charge on any atom is -0.412 e. The molecule has 21 heteroatoms. The molecule has 0 amide bonds. The van der Waals surface area contributed by atoms with E-state index in [2.05, 4.69) is 22.9 Å². The third-order valence-electron chi connectivity index (χ3n) is 1.13. The van der Waals surface area contributed by atoms with Crippen LogP contribution in [0.2, 0.25) is 0 Å². The zero-order chi connectivity index (χ0) is 7.84. The molecule has 0 spiro atoms. The van der Waals surface area contributed by atoms with Gasteiger partial charge in [-0.2, -0.15) is 0 Å². The number of rotatable bonds is 0. The molecule has 0 radical (unpaired) electrons. The lowest BCUT2D eigenvalue weighted by Gasteiger charge is -2.31. The van der Waals surface area contributed by atoms with Gasteiger partial charge < -0.3 is 87.7 Å². The highest BCUT2D eigenvalue weighted by Gasteiger charge is 2.52. The summed E-state index contributed by atoms with van der Waals surface area (Å²) in [7, 11) is -5.20. The second-order valence-corrected chi connectivity index (χ2v) is 1.87. The maximum absolute atomic E-state index is 8.74.